The Kier molecular flexibility index (Phi) is 12.2. The van der Waals surface area contributed by atoms with Gasteiger partial charge in [0.15, 0.2) is 0 Å². The lowest BCUT2D eigenvalue weighted by molar-refractivity contribution is -0.426. The predicted octanol–water partition coefficient (Wildman–Crippen LogP) is 4.90. The zero-order chi connectivity index (χ0) is 17.0. The summed E-state index contributed by atoms with van der Waals surface area (Å²) in [6.45, 7) is 10.2. The molecule has 0 aromatic carbocycles. The van der Waals surface area contributed by atoms with Crippen molar-refractivity contribution in [3.05, 3.63) is 0 Å². The number of unbranched alkanes of at least 4 members (excludes halogenated alkanes) is 5. The summed E-state index contributed by atoms with van der Waals surface area (Å²) in [6, 6.07) is 0. The summed E-state index contributed by atoms with van der Waals surface area (Å²) in [5.74, 6) is -1.12. The third-order valence-corrected chi connectivity index (χ3v) is 3.58. The average molecular weight is 318 g/mol. The van der Waals surface area contributed by atoms with E-state index in [1.807, 2.05) is 27.7 Å². The van der Waals surface area contributed by atoms with Crippen molar-refractivity contribution < 1.29 is 18.9 Å². The fourth-order valence-corrected chi connectivity index (χ4v) is 2.61. The summed E-state index contributed by atoms with van der Waals surface area (Å²) in [5.41, 5.74) is 0. The van der Waals surface area contributed by atoms with Crippen LogP contribution in [0.2, 0.25) is 0 Å². The number of rotatable bonds is 14. The SMILES string of the molecule is CCCCCCCCC(OC)C(OC)(OC(C)C)OC(C)C. The van der Waals surface area contributed by atoms with Gasteiger partial charge in [0, 0.05) is 14.2 Å². The first-order valence-corrected chi connectivity index (χ1v) is 8.85. The van der Waals surface area contributed by atoms with Crippen molar-refractivity contribution >= 4 is 0 Å². The molecular weight excluding hydrogens is 280 g/mol. The van der Waals surface area contributed by atoms with Crippen LogP contribution in [-0.4, -0.2) is 38.5 Å². The summed E-state index contributed by atoms with van der Waals surface area (Å²) in [6.07, 6.45) is 8.14. The van der Waals surface area contributed by atoms with Crippen LogP contribution >= 0.6 is 0 Å². The van der Waals surface area contributed by atoms with E-state index in [4.69, 9.17) is 18.9 Å². The van der Waals surface area contributed by atoms with Gasteiger partial charge in [-0.3, -0.25) is 0 Å². The first-order valence-electron chi connectivity index (χ1n) is 8.85. The summed E-state index contributed by atoms with van der Waals surface area (Å²) in [7, 11) is 3.32. The highest BCUT2D eigenvalue weighted by Crippen LogP contribution is 2.29. The van der Waals surface area contributed by atoms with E-state index in [0.717, 1.165) is 12.8 Å². The van der Waals surface area contributed by atoms with Gasteiger partial charge in [-0.15, -0.1) is 0 Å². The Morgan fingerprint density at radius 2 is 1.27 bits per heavy atom. The molecule has 0 aliphatic heterocycles. The molecule has 0 heterocycles. The van der Waals surface area contributed by atoms with Gasteiger partial charge in [-0.2, -0.15) is 0 Å². The Bertz CT molecular complexity index is 243. The van der Waals surface area contributed by atoms with Gasteiger partial charge in [-0.25, -0.2) is 0 Å². The quantitative estimate of drug-likeness (QED) is 0.337. The molecule has 1 atom stereocenters. The molecular formula is C18H38O4. The molecule has 0 radical (unpaired) electrons. The fourth-order valence-electron chi connectivity index (χ4n) is 2.61. The van der Waals surface area contributed by atoms with Crippen molar-refractivity contribution in [3.63, 3.8) is 0 Å². The van der Waals surface area contributed by atoms with Crippen LogP contribution in [0.3, 0.4) is 0 Å². The predicted molar refractivity (Wildman–Crippen MR) is 91.0 cm³/mol. The minimum Gasteiger partial charge on any atom is -0.373 e. The molecule has 0 aliphatic carbocycles. The van der Waals surface area contributed by atoms with E-state index in [9.17, 15) is 0 Å². The highest BCUT2D eigenvalue weighted by Gasteiger charge is 2.44. The van der Waals surface area contributed by atoms with E-state index < -0.39 is 5.97 Å². The number of hydrogen-bond donors (Lipinski definition) is 0. The lowest BCUT2D eigenvalue weighted by Crippen LogP contribution is -2.52. The van der Waals surface area contributed by atoms with Gasteiger partial charge in [0.25, 0.3) is 0 Å². The second-order valence-corrected chi connectivity index (χ2v) is 6.42. The molecule has 0 aromatic heterocycles. The van der Waals surface area contributed by atoms with Crippen LogP contribution in [-0.2, 0) is 18.9 Å². The second-order valence-electron chi connectivity index (χ2n) is 6.42. The Labute approximate surface area is 137 Å². The number of methoxy groups -OCH3 is 2. The van der Waals surface area contributed by atoms with Crippen LogP contribution in [0.4, 0.5) is 0 Å². The summed E-state index contributed by atoms with van der Waals surface area (Å²) < 4.78 is 23.3. The van der Waals surface area contributed by atoms with Crippen molar-refractivity contribution in [1.82, 2.24) is 0 Å². The molecule has 0 saturated heterocycles. The summed E-state index contributed by atoms with van der Waals surface area (Å²) >= 11 is 0. The van der Waals surface area contributed by atoms with Gasteiger partial charge < -0.3 is 18.9 Å². The molecule has 4 nitrogen and oxygen atoms in total. The molecule has 0 saturated carbocycles. The van der Waals surface area contributed by atoms with Gasteiger partial charge in [-0.1, -0.05) is 45.4 Å². The molecule has 0 amide bonds. The van der Waals surface area contributed by atoms with Gasteiger partial charge in [0.05, 0.1) is 12.2 Å². The topological polar surface area (TPSA) is 36.9 Å². The normalized spacial score (nSPS) is 14.0. The van der Waals surface area contributed by atoms with Gasteiger partial charge in [0.1, 0.15) is 6.10 Å². The zero-order valence-corrected chi connectivity index (χ0v) is 15.8. The van der Waals surface area contributed by atoms with Gasteiger partial charge in [0.2, 0.25) is 0 Å². The molecule has 0 N–H and O–H groups in total. The maximum absolute atomic E-state index is 5.98. The van der Waals surface area contributed by atoms with Gasteiger partial charge in [-0.05, 0) is 34.1 Å². The molecule has 1 unspecified atom stereocenters. The van der Waals surface area contributed by atoms with Crippen LogP contribution in [0.25, 0.3) is 0 Å². The Hall–Kier alpha value is -0.160. The molecule has 0 aromatic rings. The van der Waals surface area contributed by atoms with E-state index in [0.29, 0.717) is 0 Å². The number of hydrogen-bond acceptors (Lipinski definition) is 4. The minimum absolute atomic E-state index is 0.000837. The third kappa shape index (κ3) is 8.47. The monoisotopic (exact) mass is 318 g/mol. The maximum atomic E-state index is 5.98. The van der Waals surface area contributed by atoms with Crippen LogP contribution in [0, 0.1) is 0 Å². The summed E-state index contributed by atoms with van der Waals surface area (Å²) in [4.78, 5) is 0. The van der Waals surface area contributed by atoms with Crippen LogP contribution in [0.15, 0.2) is 0 Å². The lowest BCUT2D eigenvalue weighted by atomic mass is 10.1. The maximum Gasteiger partial charge on any atom is 0.311 e. The molecule has 0 aliphatic rings. The van der Waals surface area contributed by atoms with Crippen molar-refractivity contribution in [2.45, 2.75) is 104 Å². The molecule has 0 bridgehead atoms. The van der Waals surface area contributed by atoms with Crippen molar-refractivity contribution in [3.8, 4) is 0 Å². The molecule has 0 spiro atoms. The largest absolute Gasteiger partial charge is 0.373 e. The smallest absolute Gasteiger partial charge is 0.311 e. The highest BCUT2D eigenvalue weighted by atomic mass is 16.9. The van der Waals surface area contributed by atoms with E-state index in [1.54, 1.807) is 14.2 Å². The van der Waals surface area contributed by atoms with Crippen molar-refractivity contribution in [2.24, 2.45) is 0 Å². The van der Waals surface area contributed by atoms with E-state index in [-0.39, 0.29) is 18.3 Å². The molecule has 134 valence electrons. The van der Waals surface area contributed by atoms with E-state index in [2.05, 4.69) is 6.92 Å². The Morgan fingerprint density at radius 1 is 0.773 bits per heavy atom. The first kappa shape index (κ1) is 21.8. The lowest BCUT2D eigenvalue weighted by Gasteiger charge is -2.40. The van der Waals surface area contributed by atoms with Crippen molar-refractivity contribution in [2.75, 3.05) is 14.2 Å². The van der Waals surface area contributed by atoms with E-state index >= 15 is 0 Å². The molecule has 4 heteroatoms. The second kappa shape index (κ2) is 12.3. The van der Waals surface area contributed by atoms with Crippen LogP contribution < -0.4 is 0 Å². The molecule has 0 rings (SSSR count). The molecule has 22 heavy (non-hydrogen) atoms. The van der Waals surface area contributed by atoms with Crippen LogP contribution in [0.1, 0.15) is 79.6 Å². The first-order chi connectivity index (χ1) is 10.4. The molecule has 0 fully saturated rings. The highest BCUT2D eigenvalue weighted by molar-refractivity contribution is 4.74. The van der Waals surface area contributed by atoms with E-state index in [1.165, 1.54) is 32.1 Å². The average Bonchev–Trinajstić information content (AvgIpc) is 2.44. The standard InChI is InChI=1S/C18H38O4/c1-8-9-10-11-12-13-14-17(19-6)18(20-7,21-15(2)3)22-16(4)5/h15-17H,8-14H2,1-7H3. The minimum atomic E-state index is -1.12. The zero-order valence-electron chi connectivity index (χ0n) is 15.8. The number of ether oxygens (including phenoxy) is 4. The summed E-state index contributed by atoms with van der Waals surface area (Å²) in [5, 5.41) is 0. The third-order valence-electron chi connectivity index (χ3n) is 3.58. The Balaban J connectivity index is 4.61. The van der Waals surface area contributed by atoms with Crippen molar-refractivity contribution in [1.29, 1.82) is 0 Å². The Morgan fingerprint density at radius 3 is 1.68 bits per heavy atom. The van der Waals surface area contributed by atoms with Crippen LogP contribution in [0.5, 0.6) is 0 Å². The fraction of sp³-hybridized carbons (Fsp3) is 1.00. The van der Waals surface area contributed by atoms with Gasteiger partial charge >= 0.3 is 5.97 Å².